The molecule has 1 aromatic heterocycles. The average Bonchev–Trinajstić information content (AvgIpc) is 3.12. The van der Waals surface area contributed by atoms with Crippen molar-refractivity contribution < 1.29 is 48.0 Å². The molecule has 0 bridgehead atoms. The highest BCUT2D eigenvalue weighted by Gasteiger charge is 2.48. The summed E-state index contributed by atoms with van der Waals surface area (Å²) in [6, 6.07) is -1.89. The molecule has 1 aromatic rings. The van der Waals surface area contributed by atoms with E-state index in [9.17, 15) is 29.7 Å². The summed E-state index contributed by atoms with van der Waals surface area (Å²) >= 11 is 7.59. The second-order valence-electron chi connectivity index (χ2n) is 10.5. The second kappa shape index (κ2) is 15.6. The predicted molar refractivity (Wildman–Crippen MR) is 149 cm³/mol. The first-order valence-electron chi connectivity index (χ1n) is 13.7. The summed E-state index contributed by atoms with van der Waals surface area (Å²) in [6.45, 7) is 3.62. The first-order valence-corrected chi connectivity index (χ1v) is 15.4. The van der Waals surface area contributed by atoms with Gasteiger partial charge in [-0.1, -0.05) is 0 Å². The molecule has 234 valence electrons. The molecule has 41 heavy (non-hydrogen) atoms. The molecule has 0 saturated carbocycles. The molecule has 0 radical (unpaired) electrons. The molecule has 0 spiro atoms. The van der Waals surface area contributed by atoms with Gasteiger partial charge in [0.2, 0.25) is 5.91 Å². The summed E-state index contributed by atoms with van der Waals surface area (Å²) in [5.41, 5.74) is -0.850. The van der Waals surface area contributed by atoms with Crippen LogP contribution in [0.3, 0.4) is 0 Å². The van der Waals surface area contributed by atoms with E-state index in [-0.39, 0.29) is 30.6 Å². The van der Waals surface area contributed by atoms with Crippen molar-refractivity contribution in [1.29, 1.82) is 0 Å². The highest BCUT2D eigenvalue weighted by atomic mass is 35.5. The van der Waals surface area contributed by atoms with Gasteiger partial charge in [-0.2, -0.15) is 0 Å². The van der Waals surface area contributed by atoms with E-state index in [0.717, 1.165) is 24.6 Å². The number of carbonyl (C=O) groups excluding carboxylic acids is 2. The summed E-state index contributed by atoms with van der Waals surface area (Å²) in [5, 5.41) is 33.4. The minimum atomic E-state index is -1.52. The Bertz CT molecular complexity index is 1050. The van der Waals surface area contributed by atoms with Crippen LogP contribution >= 0.6 is 23.4 Å². The van der Waals surface area contributed by atoms with Crippen LogP contribution < -0.4 is 11.1 Å². The fourth-order valence-corrected chi connectivity index (χ4v) is 6.15. The van der Waals surface area contributed by atoms with Crippen molar-refractivity contribution in [3.63, 3.8) is 0 Å². The zero-order valence-corrected chi connectivity index (χ0v) is 25.3. The average molecular weight is 625 g/mol. The van der Waals surface area contributed by atoms with Gasteiger partial charge < -0.3 is 43.7 Å². The van der Waals surface area contributed by atoms with Crippen molar-refractivity contribution in [2.24, 2.45) is 5.92 Å². The maximum absolute atomic E-state index is 13.8. The molecule has 9 unspecified atom stereocenters. The Balaban J connectivity index is 1.79. The van der Waals surface area contributed by atoms with E-state index in [1.165, 1.54) is 11.8 Å². The fraction of sp³-hybridized carbons (Fsp3) is 0.808. The number of thioether (sulfide) groups is 1. The maximum Gasteiger partial charge on any atom is 0.519 e. The molecule has 2 aliphatic heterocycles. The van der Waals surface area contributed by atoms with Crippen molar-refractivity contribution in [2.45, 2.75) is 99.9 Å². The standard InChI is InChI=1S/C26H41ClN2O11S/c1-13(27)18(22-20(31)19(30)21(32)24(40-22)41-4)28-23(33)16-8-7-15(6-5-11-36-3)9-10-29(16)25(34)37-12-17-14(2)38-26(35)39-17/h13,15-16,18-22,24,30-32H,5-12H2,1-4H3,(H,28,33). The lowest BCUT2D eigenvalue weighted by molar-refractivity contribution is -0.205. The quantitative estimate of drug-likeness (QED) is 0.205. The van der Waals surface area contributed by atoms with E-state index in [1.54, 1.807) is 20.3 Å². The zero-order valence-electron chi connectivity index (χ0n) is 23.7. The van der Waals surface area contributed by atoms with Crippen molar-refractivity contribution >= 4 is 35.4 Å². The Hall–Kier alpha value is -1.81. The van der Waals surface area contributed by atoms with Crippen molar-refractivity contribution in [1.82, 2.24) is 10.2 Å². The minimum Gasteiger partial charge on any atom is -0.441 e. The largest absolute Gasteiger partial charge is 0.519 e. The second-order valence-corrected chi connectivity index (χ2v) is 12.1. The molecule has 9 atom stereocenters. The molecule has 3 heterocycles. The molecule has 2 saturated heterocycles. The predicted octanol–water partition coefficient (Wildman–Crippen LogP) is 1.36. The molecular weight excluding hydrogens is 584 g/mol. The van der Waals surface area contributed by atoms with E-state index >= 15 is 0 Å². The van der Waals surface area contributed by atoms with E-state index < -0.39 is 65.1 Å². The number of aliphatic hydroxyl groups excluding tert-OH is 3. The van der Waals surface area contributed by atoms with Crippen molar-refractivity contribution in [2.75, 3.05) is 26.5 Å². The van der Waals surface area contributed by atoms with Crippen LogP contribution in [0.1, 0.15) is 50.5 Å². The topological polar surface area (TPSA) is 181 Å². The first kappa shape index (κ1) is 33.7. The molecule has 15 heteroatoms. The Morgan fingerprint density at radius 3 is 2.51 bits per heavy atom. The number of rotatable bonds is 11. The zero-order chi connectivity index (χ0) is 30.3. The highest BCUT2D eigenvalue weighted by molar-refractivity contribution is 7.99. The number of carbonyl (C=O) groups is 2. The van der Waals surface area contributed by atoms with Crippen LogP contribution in [0, 0.1) is 12.8 Å². The number of ether oxygens (including phenoxy) is 3. The van der Waals surface area contributed by atoms with Crippen LogP contribution in [0.15, 0.2) is 13.6 Å². The molecule has 2 fully saturated rings. The summed E-state index contributed by atoms with van der Waals surface area (Å²) in [6.07, 6.45) is -1.21. The molecule has 0 aromatic carbocycles. The van der Waals surface area contributed by atoms with Crippen LogP contribution in [0.4, 0.5) is 4.79 Å². The summed E-state index contributed by atoms with van der Waals surface area (Å²) in [4.78, 5) is 39.7. The Kier molecular flexibility index (Phi) is 12.8. The smallest absolute Gasteiger partial charge is 0.441 e. The number of nitrogens with zero attached hydrogens (tertiary/aromatic N) is 1. The number of aliphatic hydroxyl groups is 3. The molecule has 3 rings (SSSR count). The van der Waals surface area contributed by atoms with Crippen LogP contribution in [0.5, 0.6) is 0 Å². The summed E-state index contributed by atoms with van der Waals surface area (Å²) in [5.74, 6) is -0.931. The third kappa shape index (κ3) is 8.62. The molecule has 13 nitrogen and oxygen atoms in total. The number of nitrogens with one attached hydrogen (secondary N) is 1. The third-order valence-corrected chi connectivity index (χ3v) is 8.79. The van der Waals surface area contributed by atoms with Gasteiger partial charge in [-0.05, 0) is 58.1 Å². The van der Waals surface area contributed by atoms with Gasteiger partial charge in [0.25, 0.3) is 0 Å². The van der Waals surface area contributed by atoms with Gasteiger partial charge in [-0.15, -0.1) is 23.4 Å². The van der Waals surface area contributed by atoms with Crippen molar-refractivity contribution in [3.8, 4) is 0 Å². The highest BCUT2D eigenvalue weighted by Crippen LogP contribution is 2.31. The van der Waals surface area contributed by atoms with Crippen LogP contribution in [0.25, 0.3) is 0 Å². The number of likely N-dealkylation sites (tertiary alicyclic amines) is 1. The van der Waals surface area contributed by atoms with E-state index in [2.05, 4.69) is 5.32 Å². The van der Waals surface area contributed by atoms with Gasteiger partial charge in [0.1, 0.15) is 35.9 Å². The van der Waals surface area contributed by atoms with E-state index in [0.29, 0.717) is 25.9 Å². The molecule has 2 amide bonds. The first-order chi connectivity index (χ1) is 19.5. The maximum atomic E-state index is 13.8. The number of hydrogen-bond donors (Lipinski definition) is 4. The van der Waals surface area contributed by atoms with Gasteiger partial charge in [0.15, 0.2) is 18.1 Å². The van der Waals surface area contributed by atoms with Gasteiger partial charge >= 0.3 is 11.9 Å². The Morgan fingerprint density at radius 1 is 1.17 bits per heavy atom. The van der Waals surface area contributed by atoms with E-state index in [1.807, 2.05) is 0 Å². The lowest BCUT2D eigenvalue weighted by Crippen LogP contribution is -2.65. The van der Waals surface area contributed by atoms with Crippen LogP contribution in [-0.2, 0) is 25.6 Å². The minimum absolute atomic E-state index is 0.0696. The molecule has 4 N–H and O–H groups in total. The Morgan fingerprint density at radius 2 is 1.90 bits per heavy atom. The van der Waals surface area contributed by atoms with E-state index in [4.69, 9.17) is 34.6 Å². The number of amides is 2. The third-order valence-electron chi connectivity index (χ3n) is 7.66. The fourth-order valence-electron chi connectivity index (χ4n) is 5.27. The number of aryl methyl sites for hydroxylation is 1. The van der Waals surface area contributed by atoms with Gasteiger partial charge in [-0.3, -0.25) is 9.69 Å². The lowest BCUT2D eigenvalue weighted by atomic mass is 9.92. The summed E-state index contributed by atoms with van der Waals surface area (Å²) in [7, 11) is 1.64. The normalized spacial score (nSPS) is 30.3. The Labute approximate surface area is 247 Å². The SMILES string of the molecule is COCCCC1CCC(C(=O)NC(C(C)Cl)C2OC(SC)C(O)C(O)C2O)N(C(=O)OCc2oc(=O)oc2C)CC1. The molecular formula is C26H41ClN2O11S. The van der Waals surface area contributed by atoms with Crippen LogP contribution in [-0.4, -0.2) is 106 Å². The number of halogens is 1. The number of hydrogen-bond acceptors (Lipinski definition) is 12. The number of alkyl halides is 1. The van der Waals surface area contributed by atoms with Gasteiger partial charge in [-0.25, -0.2) is 9.59 Å². The monoisotopic (exact) mass is 624 g/mol. The van der Waals surface area contributed by atoms with Gasteiger partial charge in [0.05, 0.1) is 11.4 Å². The molecule has 0 aliphatic carbocycles. The number of methoxy groups -OCH3 is 1. The van der Waals surface area contributed by atoms with Crippen LogP contribution in [0.2, 0.25) is 0 Å². The van der Waals surface area contributed by atoms with Crippen molar-refractivity contribution in [3.05, 3.63) is 22.1 Å². The molecule has 2 aliphatic rings. The lowest BCUT2D eigenvalue weighted by Gasteiger charge is -2.44. The summed E-state index contributed by atoms with van der Waals surface area (Å²) < 4.78 is 26.2. The van der Waals surface area contributed by atoms with Gasteiger partial charge in [0, 0.05) is 20.3 Å².